The van der Waals surface area contributed by atoms with Gasteiger partial charge in [-0.2, -0.15) is 0 Å². The van der Waals surface area contributed by atoms with Crippen molar-refractivity contribution in [2.24, 2.45) is 0 Å². The summed E-state index contributed by atoms with van der Waals surface area (Å²) in [5.74, 6) is 0.206. The number of likely N-dealkylation sites (tertiary alicyclic amines) is 3. The number of nitrogens with one attached hydrogen (secondary N) is 1. The summed E-state index contributed by atoms with van der Waals surface area (Å²) in [4.78, 5) is 42.6. The third-order valence-corrected chi connectivity index (χ3v) is 6.04. The highest BCUT2D eigenvalue weighted by Crippen LogP contribution is 2.16. The molecule has 0 saturated carbocycles. The third-order valence-electron chi connectivity index (χ3n) is 6.04. The summed E-state index contributed by atoms with van der Waals surface area (Å²) in [6.45, 7) is 4.49. The van der Waals surface area contributed by atoms with E-state index in [1.807, 2.05) is 14.7 Å². The number of carbonyl (C=O) groups excluding carboxylic acids is 3. The summed E-state index contributed by atoms with van der Waals surface area (Å²) in [5, 5.41) is 3.10. The molecule has 1 N–H and O–H groups in total. The Morgan fingerprint density at radius 1 is 0.852 bits per heavy atom. The van der Waals surface area contributed by atoms with Crippen LogP contribution in [0.3, 0.4) is 0 Å². The number of piperidine rings is 2. The number of amides is 4. The van der Waals surface area contributed by atoms with Gasteiger partial charge in [-0.1, -0.05) is 6.42 Å². The molecule has 7 nitrogen and oxygen atoms in total. The molecule has 3 saturated heterocycles. The number of nitrogens with zero attached hydrogens (tertiary/aromatic N) is 3. The van der Waals surface area contributed by atoms with Crippen LogP contribution >= 0.6 is 0 Å². The van der Waals surface area contributed by atoms with Crippen LogP contribution in [0.25, 0.3) is 0 Å². The van der Waals surface area contributed by atoms with E-state index in [9.17, 15) is 14.4 Å². The molecular formula is C20H34N4O3. The maximum absolute atomic E-state index is 12.5. The van der Waals surface area contributed by atoms with E-state index in [0.29, 0.717) is 32.5 Å². The summed E-state index contributed by atoms with van der Waals surface area (Å²) < 4.78 is 0. The maximum atomic E-state index is 12.5. The van der Waals surface area contributed by atoms with Crippen LogP contribution in [0.15, 0.2) is 0 Å². The number of hydrogen-bond donors (Lipinski definition) is 1. The van der Waals surface area contributed by atoms with Crippen molar-refractivity contribution in [3.63, 3.8) is 0 Å². The molecule has 0 bridgehead atoms. The van der Waals surface area contributed by atoms with E-state index in [4.69, 9.17) is 0 Å². The molecule has 152 valence electrons. The molecule has 0 aromatic carbocycles. The molecule has 3 aliphatic rings. The highest BCUT2D eigenvalue weighted by Gasteiger charge is 2.27. The summed E-state index contributed by atoms with van der Waals surface area (Å²) >= 11 is 0. The monoisotopic (exact) mass is 378 g/mol. The first-order chi connectivity index (χ1) is 13.1. The van der Waals surface area contributed by atoms with Crippen LogP contribution in [0.2, 0.25) is 0 Å². The Labute approximate surface area is 162 Å². The largest absolute Gasteiger partial charge is 0.353 e. The van der Waals surface area contributed by atoms with Gasteiger partial charge >= 0.3 is 6.03 Å². The number of carbonyl (C=O) groups is 3. The predicted octanol–water partition coefficient (Wildman–Crippen LogP) is 1.97. The van der Waals surface area contributed by atoms with Crippen molar-refractivity contribution >= 4 is 17.8 Å². The van der Waals surface area contributed by atoms with Crippen LogP contribution in [0.1, 0.15) is 64.2 Å². The van der Waals surface area contributed by atoms with Gasteiger partial charge in [-0.05, 0) is 44.9 Å². The SMILES string of the molecule is O=C(CCN1CCCCCC1=O)NC1CCN(C(=O)N2CCCCC2)CC1. The van der Waals surface area contributed by atoms with Crippen LogP contribution in [0.4, 0.5) is 4.79 Å². The van der Waals surface area contributed by atoms with Crippen LogP contribution in [-0.4, -0.2) is 77.9 Å². The summed E-state index contributed by atoms with van der Waals surface area (Å²) in [6, 6.07) is 0.307. The second-order valence-corrected chi connectivity index (χ2v) is 8.10. The fourth-order valence-corrected chi connectivity index (χ4v) is 4.31. The molecule has 3 rings (SSSR count). The fourth-order valence-electron chi connectivity index (χ4n) is 4.31. The molecule has 7 heteroatoms. The Kier molecular flexibility index (Phi) is 7.35. The van der Waals surface area contributed by atoms with Gasteiger partial charge in [0.15, 0.2) is 0 Å². The second-order valence-electron chi connectivity index (χ2n) is 8.10. The molecule has 0 radical (unpaired) electrons. The molecule has 0 unspecified atom stereocenters. The summed E-state index contributed by atoms with van der Waals surface area (Å²) in [6.07, 6.45) is 9.17. The van der Waals surface area contributed by atoms with E-state index in [1.54, 1.807) is 0 Å². The second kappa shape index (κ2) is 9.95. The lowest BCUT2D eigenvalue weighted by atomic mass is 10.0. The van der Waals surface area contributed by atoms with E-state index in [-0.39, 0.29) is 23.9 Å². The third kappa shape index (κ3) is 5.84. The van der Waals surface area contributed by atoms with Gasteiger partial charge in [0, 0.05) is 58.2 Å². The predicted molar refractivity (Wildman–Crippen MR) is 103 cm³/mol. The molecule has 0 spiro atoms. The minimum atomic E-state index is 0.0212. The van der Waals surface area contributed by atoms with Gasteiger partial charge in [-0.3, -0.25) is 9.59 Å². The Bertz CT molecular complexity index is 525. The van der Waals surface area contributed by atoms with Gasteiger partial charge < -0.3 is 20.0 Å². The maximum Gasteiger partial charge on any atom is 0.319 e. The van der Waals surface area contributed by atoms with E-state index in [0.717, 1.165) is 64.6 Å². The minimum Gasteiger partial charge on any atom is -0.353 e. The van der Waals surface area contributed by atoms with Crippen molar-refractivity contribution < 1.29 is 14.4 Å². The molecule has 0 atom stereocenters. The lowest BCUT2D eigenvalue weighted by Crippen LogP contribution is -2.51. The van der Waals surface area contributed by atoms with Crippen molar-refractivity contribution in [2.45, 2.75) is 70.3 Å². The van der Waals surface area contributed by atoms with Crippen LogP contribution in [0.5, 0.6) is 0 Å². The molecule has 4 amide bonds. The lowest BCUT2D eigenvalue weighted by Gasteiger charge is -2.37. The van der Waals surface area contributed by atoms with E-state index in [2.05, 4.69) is 5.32 Å². The standard InChI is InChI=1S/C20H34N4O3/c25-18(10-16-22-11-4-1-3-7-19(22)26)21-17-8-14-24(15-9-17)20(27)23-12-5-2-6-13-23/h17H,1-16H2,(H,21,25). The van der Waals surface area contributed by atoms with E-state index < -0.39 is 0 Å². The number of rotatable bonds is 4. The summed E-state index contributed by atoms with van der Waals surface area (Å²) in [5.41, 5.74) is 0. The van der Waals surface area contributed by atoms with Gasteiger partial charge in [-0.15, -0.1) is 0 Å². The van der Waals surface area contributed by atoms with Gasteiger partial charge in [0.05, 0.1) is 0 Å². The average molecular weight is 379 g/mol. The van der Waals surface area contributed by atoms with Crippen LogP contribution in [-0.2, 0) is 9.59 Å². The molecule has 0 aliphatic carbocycles. The fraction of sp³-hybridized carbons (Fsp3) is 0.850. The van der Waals surface area contributed by atoms with Crippen LogP contribution < -0.4 is 5.32 Å². The highest BCUT2D eigenvalue weighted by molar-refractivity contribution is 5.79. The molecular weight excluding hydrogens is 344 g/mol. The van der Waals surface area contributed by atoms with Crippen molar-refractivity contribution in [3.05, 3.63) is 0 Å². The minimum absolute atomic E-state index is 0.0212. The first-order valence-corrected chi connectivity index (χ1v) is 10.7. The van der Waals surface area contributed by atoms with Gasteiger partial charge in [0.2, 0.25) is 11.8 Å². The van der Waals surface area contributed by atoms with Gasteiger partial charge in [0.25, 0.3) is 0 Å². The first-order valence-electron chi connectivity index (χ1n) is 10.7. The smallest absolute Gasteiger partial charge is 0.319 e. The quantitative estimate of drug-likeness (QED) is 0.813. The van der Waals surface area contributed by atoms with Crippen molar-refractivity contribution in [1.82, 2.24) is 20.0 Å². The highest BCUT2D eigenvalue weighted by atomic mass is 16.2. The average Bonchev–Trinajstić information content (AvgIpc) is 2.91. The lowest BCUT2D eigenvalue weighted by molar-refractivity contribution is -0.131. The van der Waals surface area contributed by atoms with E-state index in [1.165, 1.54) is 6.42 Å². The molecule has 0 aromatic heterocycles. The zero-order chi connectivity index (χ0) is 19.1. The normalized spacial score (nSPS) is 22.5. The number of urea groups is 1. The number of hydrogen-bond acceptors (Lipinski definition) is 3. The van der Waals surface area contributed by atoms with Crippen molar-refractivity contribution in [2.75, 3.05) is 39.3 Å². The first kappa shape index (κ1) is 20.0. The van der Waals surface area contributed by atoms with Crippen LogP contribution in [0, 0.1) is 0 Å². The Balaban J connectivity index is 1.35. The molecule has 0 aromatic rings. The topological polar surface area (TPSA) is 73.0 Å². The Hall–Kier alpha value is -1.79. The van der Waals surface area contributed by atoms with Crippen molar-refractivity contribution in [3.8, 4) is 0 Å². The Morgan fingerprint density at radius 3 is 2.22 bits per heavy atom. The van der Waals surface area contributed by atoms with Crippen molar-refractivity contribution in [1.29, 1.82) is 0 Å². The van der Waals surface area contributed by atoms with Gasteiger partial charge in [0.1, 0.15) is 0 Å². The molecule has 27 heavy (non-hydrogen) atoms. The zero-order valence-electron chi connectivity index (χ0n) is 16.5. The zero-order valence-corrected chi connectivity index (χ0v) is 16.5. The van der Waals surface area contributed by atoms with Gasteiger partial charge in [-0.25, -0.2) is 4.79 Å². The van der Waals surface area contributed by atoms with E-state index >= 15 is 0 Å². The molecule has 3 aliphatic heterocycles. The summed E-state index contributed by atoms with van der Waals surface area (Å²) in [7, 11) is 0. The molecule has 3 fully saturated rings. The Morgan fingerprint density at radius 2 is 1.48 bits per heavy atom. The molecule has 3 heterocycles.